The summed E-state index contributed by atoms with van der Waals surface area (Å²) in [6.45, 7) is 1.30. The van der Waals surface area contributed by atoms with Crippen LogP contribution in [-0.2, 0) is 4.79 Å². The largest absolute Gasteiger partial charge is 0.480 e. The summed E-state index contributed by atoms with van der Waals surface area (Å²) in [6, 6.07) is -2.03. The van der Waals surface area contributed by atoms with Gasteiger partial charge in [0.15, 0.2) is 11.2 Å². The molecule has 1 heterocycles. The van der Waals surface area contributed by atoms with Gasteiger partial charge in [0.2, 0.25) is 0 Å². The van der Waals surface area contributed by atoms with E-state index in [1.165, 1.54) is 18.3 Å². The summed E-state index contributed by atoms with van der Waals surface area (Å²) >= 11 is 1.30. The maximum atomic E-state index is 11.6. The van der Waals surface area contributed by atoms with Crippen LogP contribution in [0.1, 0.15) is 31.4 Å². The number of anilines is 1. The minimum Gasteiger partial charge on any atom is -0.480 e. The predicted molar refractivity (Wildman–Crippen MR) is 69.3 cm³/mol. The van der Waals surface area contributed by atoms with Gasteiger partial charge < -0.3 is 15.5 Å². The zero-order valence-corrected chi connectivity index (χ0v) is 11.1. The third kappa shape index (κ3) is 3.65. The fourth-order valence-corrected chi connectivity index (χ4v) is 2.36. The Hall–Kier alpha value is -1.67. The molecular weight excluding hydrogens is 270 g/mol. The van der Waals surface area contributed by atoms with Crippen LogP contribution < -0.4 is 10.6 Å². The Morgan fingerprint density at radius 2 is 2.21 bits per heavy atom. The van der Waals surface area contributed by atoms with Gasteiger partial charge in [0.05, 0.1) is 11.8 Å². The number of aliphatic hydroxyl groups is 1. The number of hydrogen-bond acceptors (Lipinski definition) is 5. The number of aliphatic hydroxyl groups excluding tert-OH is 1. The average Bonchev–Trinajstić information content (AvgIpc) is 3.07. The average molecular weight is 285 g/mol. The van der Waals surface area contributed by atoms with Crippen molar-refractivity contribution < 1.29 is 19.8 Å². The smallest absolute Gasteiger partial charge is 0.328 e. The lowest BCUT2D eigenvalue weighted by molar-refractivity contribution is -0.141. The fourth-order valence-electron chi connectivity index (χ4n) is 1.57. The van der Waals surface area contributed by atoms with Gasteiger partial charge in [-0.05, 0) is 19.8 Å². The molecule has 0 unspecified atom stereocenters. The Morgan fingerprint density at radius 3 is 2.74 bits per heavy atom. The highest BCUT2D eigenvalue weighted by atomic mass is 32.1. The van der Waals surface area contributed by atoms with Crippen molar-refractivity contribution in [2.45, 2.75) is 37.8 Å². The van der Waals surface area contributed by atoms with Gasteiger partial charge in [-0.1, -0.05) is 0 Å². The van der Waals surface area contributed by atoms with Crippen LogP contribution in [0.5, 0.6) is 0 Å². The number of nitrogens with one attached hydrogen (secondary N) is 2. The first-order valence-corrected chi connectivity index (χ1v) is 6.79. The number of carboxylic acids is 1. The van der Waals surface area contributed by atoms with Crippen LogP contribution in [-0.4, -0.2) is 39.3 Å². The molecule has 2 atom stereocenters. The van der Waals surface area contributed by atoms with E-state index in [1.54, 1.807) is 0 Å². The molecule has 0 saturated heterocycles. The molecule has 1 aliphatic rings. The summed E-state index contributed by atoms with van der Waals surface area (Å²) in [5.41, 5.74) is 0.964. The Bertz CT molecular complexity index is 484. The molecule has 0 bridgehead atoms. The molecule has 1 fully saturated rings. The van der Waals surface area contributed by atoms with Gasteiger partial charge in [-0.15, -0.1) is 11.3 Å². The maximum absolute atomic E-state index is 11.6. The van der Waals surface area contributed by atoms with Gasteiger partial charge in [-0.2, -0.15) is 0 Å². The molecule has 0 spiro atoms. The van der Waals surface area contributed by atoms with Crippen LogP contribution >= 0.6 is 11.3 Å². The van der Waals surface area contributed by atoms with Crippen molar-refractivity contribution in [2.75, 3.05) is 5.32 Å². The summed E-state index contributed by atoms with van der Waals surface area (Å²) in [5.74, 6) is -0.790. The molecule has 2 amide bonds. The molecule has 1 aliphatic carbocycles. The van der Waals surface area contributed by atoms with Crippen LogP contribution in [0.3, 0.4) is 0 Å². The van der Waals surface area contributed by atoms with Gasteiger partial charge in [0, 0.05) is 11.3 Å². The zero-order valence-electron chi connectivity index (χ0n) is 10.3. The molecule has 4 N–H and O–H groups in total. The lowest BCUT2D eigenvalue weighted by atomic mass is 10.2. The number of carboxylic acid groups (broad SMARTS) is 1. The summed E-state index contributed by atoms with van der Waals surface area (Å²) in [6.07, 6.45) is 1.07. The zero-order chi connectivity index (χ0) is 14.0. The second-order valence-corrected chi connectivity index (χ2v) is 5.36. The molecule has 1 aromatic heterocycles. The van der Waals surface area contributed by atoms with Crippen LogP contribution in [0.15, 0.2) is 5.38 Å². The number of aliphatic carboxylic acids is 1. The van der Waals surface area contributed by atoms with E-state index in [-0.39, 0.29) is 0 Å². The quantitative estimate of drug-likeness (QED) is 0.644. The first kappa shape index (κ1) is 13.8. The van der Waals surface area contributed by atoms with Gasteiger partial charge in [0.25, 0.3) is 0 Å². The molecule has 7 nitrogen and oxygen atoms in total. The summed E-state index contributed by atoms with van der Waals surface area (Å²) in [5, 5.41) is 25.0. The van der Waals surface area contributed by atoms with E-state index < -0.39 is 24.1 Å². The SMILES string of the molecule is C[C@@H](O)[C@H](NC(=O)Nc1nc(C2CC2)cs1)C(=O)O. The second kappa shape index (κ2) is 5.54. The van der Waals surface area contributed by atoms with Crippen molar-refractivity contribution in [3.05, 3.63) is 11.1 Å². The van der Waals surface area contributed by atoms with Crippen LogP contribution in [0.2, 0.25) is 0 Å². The topological polar surface area (TPSA) is 112 Å². The van der Waals surface area contributed by atoms with Crippen molar-refractivity contribution >= 4 is 28.5 Å². The molecule has 104 valence electrons. The van der Waals surface area contributed by atoms with Crippen LogP contribution in [0.4, 0.5) is 9.93 Å². The number of rotatable bonds is 5. The molecule has 1 saturated carbocycles. The minimum atomic E-state index is -1.34. The van der Waals surface area contributed by atoms with Gasteiger partial charge in [0.1, 0.15) is 0 Å². The summed E-state index contributed by atoms with van der Waals surface area (Å²) in [7, 11) is 0. The summed E-state index contributed by atoms with van der Waals surface area (Å²) < 4.78 is 0. The molecule has 1 aromatic rings. The Balaban J connectivity index is 1.90. The van der Waals surface area contributed by atoms with Crippen molar-refractivity contribution in [3.63, 3.8) is 0 Å². The Kier molecular flexibility index (Phi) is 4.01. The van der Waals surface area contributed by atoms with Crippen LogP contribution in [0.25, 0.3) is 0 Å². The van der Waals surface area contributed by atoms with E-state index in [1.807, 2.05) is 5.38 Å². The van der Waals surface area contributed by atoms with E-state index in [0.717, 1.165) is 18.5 Å². The molecule has 0 radical (unpaired) electrons. The number of thiazole rings is 1. The number of hydrogen-bond donors (Lipinski definition) is 4. The lowest BCUT2D eigenvalue weighted by Crippen LogP contribution is -2.49. The van der Waals surface area contributed by atoms with E-state index in [4.69, 9.17) is 5.11 Å². The van der Waals surface area contributed by atoms with E-state index in [0.29, 0.717) is 11.0 Å². The number of carbonyl (C=O) groups excluding carboxylic acids is 1. The third-order valence-electron chi connectivity index (χ3n) is 2.77. The Morgan fingerprint density at radius 1 is 1.53 bits per heavy atom. The highest BCUT2D eigenvalue weighted by molar-refractivity contribution is 7.13. The first-order valence-electron chi connectivity index (χ1n) is 5.91. The fraction of sp³-hybridized carbons (Fsp3) is 0.545. The number of amides is 2. The number of nitrogens with zero attached hydrogens (tertiary/aromatic N) is 1. The highest BCUT2D eigenvalue weighted by Crippen LogP contribution is 2.40. The van der Waals surface area contributed by atoms with Gasteiger partial charge >= 0.3 is 12.0 Å². The Labute approximate surface area is 113 Å². The third-order valence-corrected chi connectivity index (χ3v) is 3.55. The second-order valence-electron chi connectivity index (χ2n) is 4.51. The van der Waals surface area contributed by atoms with E-state index in [2.05, 4.69) is 15.6 Å². The highest BCUT2D eigenvalue weighted by Gasteiger charge is 2.27. The minimum absolute atomic E-state index is 0.425. The van der Waals surface area contributed by atoms with Gasteiger partial charge in [-0.3, -0.25) is 5.32 Å². The van der Waals surface area contributed by atoms with Crippen molar-refractivity contribution in [2.24, 2.45) is 0 Å². The molecular formula is C11H15N3O4S. The molecule has 19 heavy (non-hydrogen) atoms. The first-order chi connectivity index (χ1) is 8.97. The van der Waals surface area contributed by atoms with Gasteiger partial charge in [-0.25, -0.2) is 14.6 Å². The maximum Gasteiger partial charge on any atom is 0.328 e. The van der Waals surface area contributed by atoms with Crippen molar-refractivity contribution in [1.29, 1.82) is 0 Å². The molecule has 0 aromatic carbocycles. The monoisotopic (exact) mass is 285 g/mol. The summed E-state index contributed by atoms with van der Waals surface area (Å²) in [4.78, 5) is 26.7. The van der Waals surface area contributed by atoms with Crippen LogP contribution in [0, 0.1) is 0 Å². The molecule has 8 heteroatoms. The standard InChI is InChI=1S/C11H15N3O4S/c1-5(15)8(9(16)17)13-10(18)14-11-12-7(4-19-11)6-2-3-6/h4-6,8,15H,2-3H2,1H3,(H,16,17)(H2,12,13,14,18)/t5-,8+/m1/s1. The number of urea groups is 1. The van der Waals surface area contributed by atoms with E-state index >= 15 is 0 Å². The molecule has 2 rings (SSSR count). The molecule has 0 aliphatic heterocycles. The van der Waals surface area contributed by atoms with E-state index in [9.17, 15) is 14.7 Å². The predicted octanol–water partition coefficient (Wildman–Crippen LogP) is 0.976. The normalized spacial score (nSPS) is 17.6. The number of carbonyl (C=O) groups is 2. The van der Waals surface area contributed by atoms with Crippen molar-refractivity contribution in [3.8, 4) is 0 Å². The van der Waals surface area contributed by atoms with Crippen molar-refractivity contribution in [1.82, 2.24) is 10.3 Å². The number of aromatic nitrogens is 1. The lowest BCUT2D eigenvalue weighted by Gasteiger charge is -2.16.